The van der Waals surface area contributed by atoms with Crippen LogP contribution in [0.1, 0.15) is 11.1 Å². The molecule has 96 valence electrons. The van der Waals surface area contributed by atoms with Gasteiger partial charge in [-0.15, -0.1) is 0 Å². The topological polar surface area (TPSA) is 37.1 Å². The molecule has 0 spiro atoms. The molecule has 1 aliphatic heterocycles. The standard InChI is InChI=1S/C10H7ClF3N3S/c1-6-2-4-7(5-3-6)8-15-9(10(12,13)14)17-18(11)16-8/h2-5H,1H3/t18-/m1/s1. The van der Waals surface area contributed by atoms with Gasteiger partial charge >= 0.3 is 6.18 Å². The van der Waals surface area contributed by atoms with Gasteiger partial charge in [0, 0.05) is 5.56 Å². The maximum atomic E-state index is 12.5. The fourth-order valence-electron chi connectivity index (χ4n) is 1.24. The minimum atomic E-state index is -4.62. The molecule has 18 heavy (non-hydrogen) atoms. The predicted molar refractivity (Wildman–Crippen MR) is 66.9 cm³/mol. The summed E-state index contributed by atoms with van der Waals surface area (Å²) in [6.07, 6.45) is -4.62. The number of rotatable bonds is 1. The molecular weight excluding hydrogens is 287 g/mol. The van der Waals surface area contributed by atoms with Crippen LogP contribution in [0.4, 0.5) is 13.2 Å². The number of benzene rings is 1. The summed E-state index contributed by atoms with van der Waals surface area (Å²) in [6.45, 7) is 1.87. The predicted octanol–water partition coefficient (Wildman–Crippen LogP) is 3.59. The lowest BCUT2D eigenvalue weighted by molar-refractivity contribution is -0.0594. The fourth-order valence-corrected chi connectivity index (χ4v) is 2.25. The first-order chi connectivity index (χ1) is 8.36. The highest BCUT2D eigenvalue weighted by atomic mass is 35.7. The van der Waals surface area contributed by atoms with Crippen molar-refractivity contribution in [1.29, 1.82) is 0 Å². The summed E-state index contributed by atoms with van der Waals surface area (Å²) >= 11 is 0. The van der Waals surface area contributed by atoms with Crippen molar-refractivity contribution < 1.29 is 13.2 Å². The Bertz CT molecular complexity index is 561. The molecule has 2 rings (SSSR count). The van der Waals surface area contributed by atoms with E-state index < -0.39 is 22.1 Å². The molecule has 0 radical (unpaired) electrons. The van der Waals surface area contributed by atoms with E-state index >= 15 is 0 Å². The van der Waals surface area contributed by atoms with Crippen LogP contribution >= 0.6 is 10.7 Å². The number of amidine groups is 2. The molecule has 0 aromatic heterocycles. The number of halogens is 4. The minimum absolute atomic E-state index is 0.0457. The van der Waals surface area contributed by atoms with Crippen molar-refractivity contribution in [3.63, 3.8) is 0 Å². The normalized spacial score (nSPS) is 19.9. The Morgan fingerprint density at radius 1 is 1.17 bits per heavy atom. The number of hydrogen-bond donors (Lipinski definition) is 0. The Balaban J connectivity index is 2.44. The van der Waals surface area contributed by atoms with E-state index in [1.165, 1.54) is 0 Å². The second-order valence-corrected chi connectivity index (χ2v) is 5.16. The highest BCUT2D eigenvalue weighted by molar-refractivity contribution is 8.09. The van der Waals surface area contributed by atoms with Gasteiger partial charge in [-0.3, -0.25) is 0 Å². The average molecular weight is 294 g/mol. The highest BCUT2D eigenvalue weighted by Gasteiger charge is 2.38. The fraction of sp³-hybridized carbons (Fsp3) is 0.200. The van der Waals surface area contributed by atoms with Crippen molar-refractivity contribution in [2.45, 2.75) is 13.1 Å². The molecule has 0 amide bonds. The molecule has 8 heteroatoms. The van der Waals surface area contributed by atoms with Crippen molar-refractivity contribution in [1.82, 2.24) is 0 Å². The van der Waals surface area contributed by atoms with Crippen LogP contribution in [-0.4, -0.2) is 17.8 Å². The number of aliphatic imine (C=N–C) groups is 1. The van der Waals surface area contributed by atoms with Gasteiger partial charge in [-0.1, -0.05) is 29.8 Å². The number of aryl methyl sites for hydroxylation is 1. The lowest BCUT2D eigenvalue weighted by Gasteiger charge is -2.11. The molecule has 0 saturated carbocycles. The molecule has 1 heterocycles. The molecule has 0 aliphatic carbocycles. The Hall–Kier alpha value is -1.21. The molecule has 0 N–H and O–H groups in total. The Morgan fingerprint density at radius 2 is 1.78 bits per heavy atom. The molecule has 0 unspecified atom stereocenters. The third-order valence-corrected chi connectivity index (χ3v) is 3.16. The minimum Gasteiger partial charge on any atom is -0.203 e. The SMILES string of the molecule is Cc1ccc(C2=N[S@@](Cl)=NC(C(F)(F)F)=N2)cc1. The molecule has 1 aromatic rings. The summed E-state index contributed by atoms with van der Waals surface area (Å²) in [4.78, 5) is 3.40. The Kier molecular flexibility index (Phi) is 3.54. The highest BCUT2D eigenvalue weighted by Crippen LogP contribution is 2.23. The molecule has 0 bridgehead atoms. The number of alkyl halides is 3. The van der Waals surface area contributed by atoms with Gasteiger partial charge in [-0.2, -0.15) is 21.9 Å². The molecule has 1 atom stereocenters. The largest absolute Gasteiger partial charge is 0.452 e. The summed E-state index contributed by atoms with van der Waals surface area (Å²) in [5, 5.41) is 0. The lowest BCUT2D eigenvalue weighted by atomic mass is 10.1. The van der Waals surface area contributed by atoms with Crippen molar-refractivity contribution >= 4 is 32.4 Å². The molecule has 1 aliphatic rings. The zero-order valence-corrected chi connectivity index (χ0v) is 10.6. The van der Waals surface area contributed by atoms with Gasteiger partial charge in [-0.25, -0.2) is 4.99 Å². The van der Waals surface area contributed by atoms with E-state index in [1.54, 1.807) is 24.3 Å². The second-order valence-electron chi connectivity index (χ2n) is 3.53. The van der Waals surface area contributed by atoms with Crippen molar-refractivity contribution in [3.8, 4) is 0 Å². The zero-order valence-electron chi connectivity index (χ0n) is 9.07. The maximum absolute atomic E-state index is 12.5. The Morgan fingerprint density at radius 3 is 2.33 bits per heavy atom. The van der Waals surface area contributed by atoms with Gasteiger partial charge in [0.05, 0.1) is 0 Å². The lowest BCUT2D eigenvalue weighted by Crippen LogP contribution is -2.24. The molecule has 0 saturated heterocycles. The third-order valence-electron chi connectivity index (χ3n) is 2.10. The third kappa shape index (κ3) is 2.97. The van der Waals surface area contributed by atoms with Crippen LogP contribution in [0.25, 0.3) is 0 Å². The van der Waals surface area contributed by atoms with E-state index in [-0.39, 0.29) is 5.84 Å². The molecular formula is C10H7ClF3N3S. The quantitative estimate of drug-likeness (QED) is 0.759. The summed E-state index contributed by atoms with van der Waals surface area (Å²) in [7, 11) is 4.02. The summed E-state index contributed by atoms with van der Waals surface area (Å²) in [5.74, 6) is -1.29. The maximum Gasteiger partial charge on any atom is 0.452 e. The number of hydrogen-bond acceptors (Lipinski definition) is 3. The van der Waals surface area contributed by atoms with Crippen LogP contribution in [0.5, 0.6) is 0 Å². The molecule has 3 nitrogen and oxygen atoms in total. The van der Waals surface area contributed by atoms with Gasteiger partial charge in [0.15, 0.2) is 5.84 Å². The van der Waals surface area contributed by atoms with E-state index in [0.29, 0.717) is 5.56 Å². The first-order valence-corrected chi connectivity index (χ1v) is 6.77. The van der Waals surface area contributed by atoms with Gasteiger partial charge < -0.3 is 0 Å². The van der Waals surface area contributed by atoms with Crippen LogP contribution in [0.2, 0.25) is 0 Å². The van der Waals surface area contributed by atoms with E-state index in [0.717, 1.165) is 5.56 Å². The van der Waals surface area contributed by atoms with Crippen LogP contribution < -0.4 is 0 Å². The van der Waals surface area contributed by atoms with E-state index in [2.05, 4.69) is 13.8 Å². The first-order valence-electron chi connectivity index (χ1n) is 4.80. The van der Waals surface area contributed by atoms with Crippen LogP contribution in [-0.2, 0) is 10.1 Å². The van der Waals surface area contributed by atoms with E-state index in [4.69, 9.17) is 10.7 Å². The second kappa shape index (κ2) is 4.81. The molecule has 0 fully saturated rings. The van der Waals surface area contributed by atoms with Crippen molar-refractivity contribution in [2.75, 3.05) is 0 Å². The van der Waals surface area contributed by atoms with Crippen LogP contribution in [0.3, 0.4) is 0 Å². The average Bonchev–Trinajstić information content (AvgIpc) is 2.28. The van der Waals surface area contributed by atoms with E-state index in [1.807, 2.05) is 6.92 Å². The van der Waals surface area contributed by atoms with E-state index in [9.17, 15) is 13.2 Å². The van der Waals surface area contributed by atoms with Gasteiger partial charge in [0.1, 0.15) is 10.1 Å². The van der Waals surface area contributed by atoms with Gasteiger partial charge in [-0.05, 0) is 17.6 Å². The van der Waals surface area contributed by atoms with Crippen molar-refractivity contribution in [3.05, 3.63) is 35.4 Å². The summed E-state index contributed by atoms with van der Waals surface area (Å²) in [5.41, 5.74) is 1.47. The number of nitrogens with zero attached hydrogens (tertiary/aromatic N) is 3. The molecule has 1 aromatic carbocycles. The van der Waals surface area contributed by atoms with Crippen LogP contribution in [0, 0.1) is 6.92 Å². The Labute approximate surface area is 108 Å². The van der Waals surface area contributed by atoms with Crippen molar-refractivity contribution in [2.24, 2.45) is 13.8 Å². The van der Waals surface area contributed by atoms with Crippen LogP contribution in [0.15, 0.2) is 38.0 Å². The summed E-state index contributed by atoms with van der Waals surface area (Å²) < 4.78 is 44.6. The first kappa shape index (κ1) is 13.2. The van der Waals surface area contributed by atoms with Gasteiger partial charge in [0.2, 0.25) is 5.84 Å². The zero-order chi connectivity index (χ0) is 13.3. The smallest absolute Gasteiger partial charge is 0.203 e. The summed E-state index contributed by atoms with van der Waals surface area (Å²) in [6, 6.07) is 6.81. The van der Waals surface area contributed by atoms with Gasteiger partial charge in [0.25, 0.3) is 0 Å². The monoisotopic (exact) mass is 293 g/mol.